The van der Waals surface area contributed by atoms with Crippen LogP contribution < -0.4 is 11.1 Å². The van der Waals surface area contributed by atoms with Gasteiger partial charge in [-0.2, -0.15) is 0 Å². The van der Waals surface area contributed by atoms with Gasteiger partial charge in [-0.25, -0.2) is 0 Å². The molecular formula is C16H19N3O2. The predicted octanol–water partition coefficient (Wildman–Crippen LogP) is 1.36. The summed E-state index contributed by atoms with van der Waals surface area (Å²) in [5.74, 6) is -0.112. The highest BCUT2D eigenvalue weighted by Gasteiger charge is 2.35. The van der Waals surface area contributed by atoms with Crippen molar-refractivity contribution in [3.8, 4) is 0 Å². The molecule has 2 aromatic rings. The van der Waals surface area contributed by atoms with E-state index in [2.05, 4.69) is 10.3 Å². The summed E-state index contributed by atoms with van der Waals surface area (Å²) in [5.41, 5.74) is 7.27. The van der Waals surface area contributed by atoms with Gasteiger partial charge in [-0.1, -0.05) is 24.3 Å². The number of nitrogens with two attached hydrogens (primary N) is 1. The molecule has 1 aromatic heterocycles. The summed E-state index contributed by atoms with van der Waals surface area (Å²) in [7, 11) is 0. The molecule has 110 valence electrons. The molecule has 21 heavy (non-hydrogen) atoms. The number of rotatable bonds is 3. The average molecular weight is 285 g/mol. The number of nitrogens with zero attached hydrogens (tertiary/aromatic N) is 1. The fourth-order valence-electron chi connectivity index (χ4n) is 2.62. The van der Waals surface area contributed by atoms with Crippen LogP contribution >= 0.6 is 0 Å². The number of para-hydroxylation sites is 1. The third-order valence-electron chi connectivity index (χ3n) is 3.99. The number of hydrogen-bond donors (Lipinski definition) is 2. The average Bonchev–Trinajstić information content (AvgIpc) is 2.53. The Balaban J connectivity index is 1.73. The lowest BCUT2D eigenvalue weighted by Gasteiger charge is -2.31. The number of benzene rings is 1. The molecule has 0 bridgehead atoms. The molecule has 0 spiro atoms. The first kappa shape index (κ1) is 14.0. The Hall–Kier alpha value is -1.98. The first-order valence-electron chi connectivity index (χ1n) is 7.17. The Morgan fingerprint density at radius 3 is 2.86 bits per heavy atom. The van der Waals surface area contributed by atoms with Gasteiger partial charge in [0.05, 0.1) is 11.1 Å². The maximum absolute atomic E-state index is 12.3. The van der Waals surface area contributed by atoms with Crippen LogP contribution in [0.3, 0.4) is 0 Å². The molecule has 0 unspecified atom stereocenters. The van der Waals surface area contributed by atoms with Crippen LogP contribution in [0.2, 0.25) is 0 Å². The van der Waals surface area contributed by atoms with Crippen molar-refractivity contribution in [1.29, 1.82) is 0 Å². The Morgan fingerprint density at radius 1 is 1.29 bits per heavy atom. The molecule has 0 saturated carbocycles. The third-order valence-corrected chi connectivity index (χ3v) is 3.99. The zero-order chi connectivity index (χ0) is 14.7. The smallest absolute Gasteiger partial charge is 0.240 e. The molecule has 3 rings (SSSR count). The lowest BCUT2D eigenvalue weighted by Crippen LogP contribution is -2.56. The van der Waals surface area contributed by atoms with Gasteiger partial charge in [0, 0.05) is 31.3 Å². The lowest BCUT2D eigenvalue weighted by molar-refractivity contribution is -0.129. The van der Waals surface area contributed by atoms with E-state index >= 15 is 0 Å². The molecule has 5 heteroatoms. The van der Waals surface area contributed by atoms with Crippen molar-refractivity contribution in [3.05, 3.63) is 42.1 Å². The van der Waals surface area contributed by atoms with Crippen LogP contribution in [0.25, 0.3) is 10.9 Å². The highest BCUT2D eigenvalue weighted by atomic mass is 16.5. The number of amides is 1. The third kappa shape index (κ3) is 2.89. The molecule has 1 fully saturated rings. The molecular weight excluding hydrogens is 266 g/mol. The second kappa shape index (κ2) is 5.79. The Labute approximate surface area is 123 Å². The fraction of sp³-hybridized carbons (Fsp3) is 0.375. The normalized spacial score (nSPS) is 17.6. The summed E-state index contributed by atoms with van der Waals surface area (Å²) in [6.45, 7) is 1.52. The van der Waals surface area contributed by atoms with E-state index in [0.717, 1.165) is 16.5 Å². The van der Waals surface area contributed by atoms with Crippen molar-refractivity contribution >= 4 is 16.8 Å². The van der Waals surface area contributed by atoms with E-state index in [0.29, 0.717) is 32.6 Å². The van der Waals surface area contributed by atoms with E-state index in [9.17, 15) is 4.79 Å². The van der Waals surface area contributed by atoms with Gasteiger partial charge in [0.15, 0.2) is 0 Å². The van der Waals surface area contributed by atoms with Gasteiger partial charge in [0.25, 0.3) is 0 Å². The summed E-state index contributed by atoms with van der Waals surface area (Å²) in [4.78, 5) is 16.7. The summed E-state index contributed by atoms with van der Waals surface area (Å²) < 4.78 is 5.27. The van der Waals surface area contributed by atoms with Gasteiger partial charge in [-0.3, -0.25) is 9.78 Å². The standard InChI is InChI=1S/C16H19N3O2/c17-16(6-9-21-10-7-16)15(20)19-11-13-4-1-3-12-5-2-8-18-14(12)13/h1-5,8H,6-7,9-11,17H2,(H,19,20). The maximum Gasteiger partial charge on any atom is 0.240 e. The number of nitrogens with one attached hydrogen (secondary N) is 1. The van der Waals surface area contributed by atoms with E-state index in [1.165, 1.54) is 0 Å². The monoisotopic (exact) mass is 285 g/mol. The van der Waals surface area contributed by atoms with Gasteiger partial charge < -0.3 is 15.8 Å². The number of carbonyl (C=O) groups excluding carboxylic acids is 1. The van der Waals surface area contributed by atoms with Crippen LogP contribution in [0.15, 0.2) is 36.5 Å². The Bertz CT molecular complexity index is 646. The lowest BCUT2D eigenvalue weighted by atomic mass is 9.90. The largest absolute Gasteiger partial charge is 0.381 e. The van der Waals surface area contributed by atoms with Crippen molar-refractivity contribution < 1.29 is 9.53 Å². The van der Waals surface area contributed by atoms with Gasteiger partial charge in [0.2, 0.25) is 5.91 Å². The van der Waals surface area contributed by atoms with Crippen molar-refractivity contribution in [3.63, 3.8) is 0 Å². The number of carbonyl (C=O) groups is 1. The van der Waals surface area contributed by atoms with E-state index < -0.39 is 5.54 Å². The van der Waals surface area contributed by atoms with Crippen LogP contribution in [-0.2, 0) is 16.1 Å². The van der Waals surface area contributed by atoms with Gasteiger partial charge in [-0.05, 0) is 24.5 Å². The van der Waals surface area contributed by atoms with E-state index in [-0.39, 0.29) is 5.91 Å². The molecule has 2 heterocycles. The first-order chi connectivity index (χ1) is 10.2. The SMILES string of the molecule is NC1(C(=O)NCc2cccc3cccnc23)CCOCC1. The minimum atomic E-state index is -0.809. The maximum atomic E-state index is 12.3. The van der Waals surface area contributed by atoms with Crippen LogP contribution in [0.5, 0.6) is 0 Å². The Kier molecular flexibility index (Phi) is 3.86. The quantitative estimate of drug-likeness (QED) is 0.892. The summed E-state index contributed by atoms with van der Waals surface area (Å²) in [6, 6.07) is 9.87. The molecule has 0 radical (unpaired) electrons. The predicted molar refractivity (Wildman–Crippen MR) is 80.6 cm³/mol. The summed E-state index contributed by atoms with van der Waals surface area (Å²) in [6.07, 6.45) is 2.88. The van der Waals surface area contributed by atoms with E-state index in [4.69, 9.17) is 10.5 Å². The number of aromatic nitrogens is 1. The number of ether oxygens (including phenoxy) is 1. The zero-order valence-corrected chi connectivity index (χ0v) is 11.8. The van der Waals surface area contributed by atoms with E-state index in [1.807, 2.05) is 30.3 Å². The van der Waals surface area contributed by atoms with Crippen LogP contribution in [0.1, 0.15) is 18.4 Å². The molecule has 1 aromatic carbocycles. The van der Waals surface area contributed by atoms with Gasteiger partial charge >= 0.3 is 0 Å². The van der Waals surface area contributed by atoms with Crippen molar-refractivity contribution in [2.75, 3.05) is 13.2 Å². The molecule has 1 aliphatic rings. The molecule has 5 nitrogen and oxygen atoms in total. The number of pyridine rings is 1. The zero-order valence-electron chi connectivity index (χ0n) is 11.8. The van der Waals surface area contributed by atoms with Crippen molar-refractivity contribution in [1.82, 2.24) is 10.3 Å². The number of hydrogen-bond acceptors (Lipinski definition) is 4. The molecule has 0 atom stereocenters. The van der Waals surface area contributed by atoms with Crippen LogP contribution in [0.4, 0.5) is 0 Å². The molecule has 1 saturated heterocycles. The Morgan fingerprint density at radius 2 is 2.05 bits per heavy atom. The highest BCUT2D eigenvalue weighted by molar-refractivity contribution is 5.87. The van der Waals surface area contributed by atoms with Crippen LogP contribution in [-0.4, -0.2) is 29.6 Å². The highest BCUT2D eigenvalue weighted by Crippen LogP contribution is 2.19. The second-order valence-electron chi connectivity index (χ2n) is 5.44. The first-order valence-corrected chi connectivity index (χ1v) is 7.17. The fourth-order valence-corrected chi connectivity index (χ4v) is 2.62. The van der Waals surface area contributed by atoms with Gasteiger partial charge in [-0.15, -0.1) is 0 Å². The van der Waals surface area contributed by atoms with E-state index in [1.54, 1.807) is 6.20 Å². The molecule has 3 N–H and O–H groups in total. The molecule has 1 aliphatic heterocycles. The molecule has 0 aliphatic carbocycles. The van der Waals surface area contributed by atoms with Crippen molar-refractivity contribution in [2.45, 2.75) is 24.9 Å². The van der Waals surface area contributed by atoms with Crippen molar-refractivity contribution in [2.24, 2.45) is 5.73 Å². The summed E-state index contributed by atoms with van der Waals surface area (Å²) in [5, 5.41) is 4.01. The number of fused-ring (bicyclic) bond motifs is 1. The second-order valence-corrected chi connectivity index (χ2v) is 5.44. The molecule has 1 amide bonds. The minimum Gasteiger partial charge on any atom is -0.381 e. The topological polar surface area (TPSA) is 77.2 Å². The van der Waals surface area contributed by atoms with Gasteiger partial charge in [0.1, 0.15) is 0 Å². The summed E-state index contributed by atoms with van der Waals surface area (Å²) >= 11 is 0. The van der Waals surface area contributed by atoms with Crippen LogP contribution in [0, 0.1) is 0 Å². The minimum absolute atomic E-state index is 0.112.